The van der Waals surface area contributed by atoms with E-state index in [4.69, 9.17) is 5.73 Å². The minimum Gasteiger partial charge on any atom is -0.324 e. The average Bonchev–Trinajstić information content (AvgIpc) is 2.80. The van der Waals surface area contributed by atoms with Crippen LogP contribution in [0.15, 0.2) is 23.6 Å². The molecule has 114 valence electrons. The van der Waals surface area contributed by atoms with Gasteiger partial charge in [-0.05, 0) is 39.8 Å². The van der Waals surface area contributed by atoms with Crippen LogP contribution in [0.25, 0.3) is 0 Å². The normalized spacial score (nSPS) is 12.9. The molecule has 4 heteroatoms. The lowest BCUT2D eigenvalue weighted by Crippen LogP contribution is -2.23. The summed E-state index contributed by atoms with van der Waals surface area (Å²) >= 11 is 1.71. The predicted octanol–water partition coefficient (Wildman–Crippen LogP) is 3.59. The van der Waals surface area contributed by atoms with Crippen LogP contribution < -0.4 is 5.73 Å². The molecule has 0 aliphatic heterocycles. The van der Waals surface area contributed by atoms with Crippen molar-refractivity contribution in [3.63, 3.8) is 0 Å². The fourth-order valence-corrected chi connectivity index (χ4v) is 3.19. The summed E-state index contributed by atoms with van der Waals surface area (Å²) in [5, 5.41) is 3.26. The Morgan fingerprint density at radius 3 is 2.43 bits per heavy atom. The quantitative estimate of drug-likeness (QED) is 0.886. The lowest BCUT2D eigenvalue weighted by atomic mass is 10.00. The molecule has 0 spiro atoms. The number of hydrogen-bond donors (Lipinski definition) is 1. The highest BCUT2D eigenvalue weighted by Gasteiger charge is 2.10. The van der Waals surface area contributed by atoms with E-state index in [0.29, 0.717) is 0 Å². The Balaban J connectivity index is 1.86. The third kappa shape index (κ3) is 4.92. The van der Waals surface area contributed by atoms with Gasteiger partial charge >= 0.3 is 0 Å². The lowest BCUT2D eigenvalue weighted by Gasteiger charge is -2.19. The summed E-state index contributed by atoms with van der Waals surface area (Å²) in [6.45, 7) is 8.17. The Morgan fingerprint density at radius 1 is 1.19 bits per heavy atom. The van der Waals surface area contributed by atoms with Crippen LogP contribution in [0.2, 0.25) is 0 Å². The first-order valence-electron chi connectivity index (χ1n) is 7.37. The zero-order chi connectivity index (χ0) is 15.4. The van der Waals surface area contributed by atoms with E-state index in [1.807, 2.05) is 6.92 Å². The molecule has 0 aliphatic rings. The highest BCUT2D eigenvalue weighted by molar-refractivity contribution is 7.09. The Kier molecular flexibility index (Phi) is 5.51. The third-order valence-electron chi connectivity index (χ3n) is 3.59. The molecule has 0 saturated carbocycles. The molecule has 1 heterocycles. The van der Waals surface area contributed by atoms with E-state index in [2.05, 4.69) is 54.4 Å². The van der Waals surface area contributed by atoms with Gasteiger partial charge in [-0.3, -0.25) is 0 Å². The van der Waals surface area contributed by atoms with Crippen LogP contribution in [-0.2, 0) is 6.54 Å². The van der Waals surface area contributed by atoms with Crippen LogP contribution in [-0.4, -0.2) is 23.5 Å². The minimum absolute atomic E-state index is 0.100. The van der Waals surface area contributed by atoms with E-state index in [-0.39, 0.29) is 6.04 Å². The maximum Gasteiger partial charge on any atom is 0.0897 e. The van der Waals surface area contributed by atoms with E-state index < -0.39 is 0 Å². The van der Waals surface area contributed by atoms with Gasteiger partial charge in [-0.1, -0.05) is 29.3 Å². The van der Waals surface area contributed by atoms with Crippen LogP contribution in [0.3, 0.4) is 0 Å². The molecule has 21 heavy (non-hydrogen) atoms. The maximum absolute atomic E-state index is 6.34. The van der Waals surface area contributed by atoms with Crippen LogP contribution in [0, 0.1) is 20.8 Å². The van der Waals surface area contributed by atoms with Crippen molar-refractivity contribution in [2.45, 2.75) is 39.8 Å². The number of rotatable bonds is 6. The fourth-order valence-electron chi connectivity index (χ4n) is 2.59. The van der Waals surface area contributed by atoms with Crippen molar-refractivity contribution in [1.82, 2.24) is 9.88 Å². The molecule has 2 aromatic rings. The number of benzene rings is 1. The van der Waals surface area contributed by atoms with Gasteiger partial charge in [-0.15, -0.1) is 11.3 Å². The molecule has 2 rings (SSSR count). The molecular weight excluding hydrogens is 278 g/mol. The summed E-state index contributed by atoms with van der Waals surface area (Å²) in [5.74, 6) is 0. The molecule has 0 saturated heterocycles. The highest BCUT2D eigenvalue weighted by Crippen LogP contribution is 2.18. The summed E-state index contributed by atoms with van der Waals surface area (Å²) in [6, 6.07) is 6.68. The van der Waals surface area contributed by atoms with E-state index in [1.165, 1.54) is 16.7 Å². The lowest BCUT2D eigenvalue weighted by molar-refractivity contribution is 0.308. The van der Waals surface area contributed by atoms with Crippen LogP contribution >= 0.6 is 11.3 Å². The van der Waals surface area contributed by atoms with Gasteiger partial charge in [0.05, 0.1) is 10.7 Å². The number of aryl methyl sites for hydroxylation is 3. The second kappa shape index (κ2) is 7.16. The van der Waals surface area contributed by atoms with E-state index >= 15 is 0 Å². The van der Waals surface area contributed by atoms with Gasteiger partial charge in [0.15, 0.2) is 0 Å². The monoisotopic (exact) mass is 303 g/mol. The third-order valence-corrected chi connectivity index (χ3v) is 4.41. The zero-order valence-electron chi connectivity index (χ0n) is 13.4. The Hall–Kier alpha value is -1.23. The molecule has 0 fully saturated rings. The topological polar surface area (TPSA) is 42.1 Å². The largest absolute Gasteiger partial charge is 0.324 e. The molecule has 0 amide bonds. The van der Waals surface area contributed by atoms with Crippen molar-refractivity contribution >= 4 is 11.3 Å². The minimum atomic E-state index is 0.100. The molecule has 0 radical (unpaired) electrons. The number of nitrogens with two attached hydrogens (primary N) is 1. The summed E-state index contributed by atoms with van der Waals surface area (Å²) in [7, 11) is 2.13. The second-order valence-electron chi connectivity index (χ2n) is 5.91. The SMILES string of the molecule is Cc1cc(C)cc(C(N)CCN(C)Cc2csc(C)n2)c1. The average molecular weight is 303 g/mol. The predicted molar refractivity (Wildman–Crippen MR) is 90.6 cm³/mol. The second-order valence-corrected chi connectivity index (χ2v) is 6.97. The number of thiazole rings is 1. The Bertz CT molecular complexity index is 571. The first-order valence-corrected chi connectivity index (χ1v) is 8.25. The van der Waals surface area contributed by atoms with E-state index in [9.17, 15) is 0 Å². The molecule has 2 N–H and O–H groups in total. The van der Waals surface area contributed by atoms with Crippen molar-refractivity contribution in [2.24, 2.45) is 5.73 Å². The van der Waals surface area contributed by atoms with Crippen LogP contribution in [0.1, 0.15) is 39.9 Å². The van der Waals surface area contributed by atoms with E-state index in [0.717, 1.165) is 30.2 Å². The van der Waals surface area contributed by atoms with Crippen molar-refractivity contribution in [2.75, 3.05) is 13.6 Å². The molecule has 1 unspecified atom stereocenters. The molecule has 1 aromatic carbocycles. The smallest absolute Gasteiger partial charge is 0.0897 e. The zero-order valence-corrected chi connectivity index (χ0v) is 14.2. The molecular formula is C17H25N3S. The summed E-state index contributed by atoms with van der Waals surface area (Å²) in [5.41, 5.74) is 11.3. The van der Waals surface area contributed by atoms with Crippen LogP contribution in [0.5, 0.6) is 0 Å². The summed E-state index contributed by atoms with van der Waals surface area (Å²) in [6.07, 6.45) is 0.961. The summed E-state index contributed by atoms with van der Waals surface area (Å²) < 4.78 is 0. The fraction of sp³-hybridized carbons (Fsp3) is 0.471. The van der Waals surface area contributed by atoms with Crippen molar-refractivity contribution in [3.05, 3.63) is 51.0 Å². The molecule has 0 bridgehead atoms. The van der Waals surface area contributed by atoms with Crippen LogP contribution in [0.4, 0.5) is 0 Å². The standard InChI is InChI=1S/C17H25N3S/c1-12-7-13(2)9-15(8-12)17(18)5-6-20(4)10-16-11-21-14(3)19-16/h7-9,11,17H,5-6,10,18H2,1-4H3. The number of nitrogens with zero attached hydrogens (tertiary/aromatic N) is 2. The first-order chi connectivity index (χ1) is 9.94. The van der Waals surface area contributed by atoms with E-state index in [1.54, 1.807) is 11.3 Å². The van der Waals surface area contributed by atoms with Gasteiger partial charge in [0.1, 0.15) is 0 Å². The van der Waals surface area contributed by atoms with Gasteiger partial charge in [0.25, 0.3) is 0 Å². The van der Waals surface area contributed by atoms with Gasteiger partial charge in [0, 0.05) is 24.5 Å². The summed E-state index contributed by atoms with van der Waals surface area (Å²) in [4.78, 5) is 6.79. The Labute approximate surface area is 131 Å². The van der Waals surface area contributed by atoms with Crippen molar-refractivity contribution < 1.29 is 0 Å². The molecule has 0 aliphatic carbocycles. The Morgan fingerprint density at radius 2 is 1.86 bits per heavy atom. The first kappa shape index (κ1) is 16.1. The molecule has 1 atom stereocenters. The number of hydrogen-bond acceptors (Lipinski definition) is 4. The maximum atomic E-state index is 6.34. The van der Waals surface area contributed by atoms with Gasteiger partial charge in [-0.25, -0.2) is 4.98 Å². The van der Waals surface area contributed by atoms with Gasteiger partial charge < -0.3 is 10.6 Å². The number of aromatic nitrogens is 1. The highest BCUT2D eigenvalue weighted by atomic mass is 32.1. The van der Waals surface area contributed by atoms with Gasteiger partial charge in [-0.2, -0.15) is 0 Å². The molecule has 3 nitrogen and oxygen atoms in total. The molecule has 1 aromatic heterocycles. The van der Waals surface area contributed by atoms with Crippen molar-refractivity contribution in [3.8, 4) is 0 Å². The van der Waals surface area contributed by atoms with Crippen molar-refractivity contribution in [1.29, 1.82) is 0 Å². The van der Waals surface area contributed by atoms with Gasteiger partial charge in [0.2, 0.25) is 0 Å².